The predicted molar refractivity (Wildman–Crippen MR) is 76.9 cm³/mol. The number of hydrogen-bond acceptors (Lipinski definition) is 6. The van der Waals surface area contributed by atoms with Crippen LogP contribution in [0.3, 0.4) is 0 Å². The average molecular weight is 378 g/mol. The van der Waals surface area contributed by atoms with Crippen molar-refractivity contribution in [3.8, 4) is 0 Å². The number of nitro benzene ring substituents is 1. The highest BCUT2D eigenvalue weighted by atomic mass is 79.9. The van der Waals surface area contributed by atoms with E-state index in [1.165, 1.54) is 23.5 Å². The first-order valence-electron chi connectivity index (χ1n) is 5.22. The summed E-state index contributed by atoms with van der Waals surface area (Å²) in [4.78, 5) is 13.7. The molecule has 0 unspecified atom stereocenters. The molecule has 2 aromatic rings. The molecule has 0 aliphatic heterocycles. The standard InChI is InChI=1S/C10H8BrN3O4S2/c11-7-1-2-8(14(15)16)9(5-7)20(17,18)13-6-10-12-3-4-19-10/h1-5,13H,6H2. The fourth-order valence-electron chi connectivity index (χ4n) is 1.43. The van der Waals surface area contributed by atoms with Gasteiger partial charge in [-0.15, -0.1) is 11.3 Å². The zero-order valence-electron chi connectivity index (χ0n) is 9.82. The van der Waals surface area contributed by atoms with Gasteiger partial charge in [-0.2, -0.15) is 0 Å². The molecule has 0 spiro atoms. The molecule has 0 bridgehead atoms. The Bertz CT molecular complexity index is 731. The molecule has 1 heterocycles. The first kappa shape index (κ1) is 15.0. The Morgan fingerprint density at radius 1 is 1.45 bits per heavy atom. The molecular formula is C10H8BrN3O4S2. The fraction of sp³-hybridized carbons (Fsp3) is 0.100. The largest absolute Gasteiger partial charge is 0.289 e. The summed E-state index contributed by atoms with van der Waals surface area (Å²) in [6.45, 7) is -0.0103. The second-order valence-electron chi connectivity index (χ2n) is 3.62. The minimum Gasteiger partial charge on any atom is -0.258 e. The second-order valence-corrected chi connectivity index (χ2v) is 7.25. The van der Waals surface area contributed by atoms with Crippen molar-refractivity contribution in [3.63, 3.8) is 0 Å². The van der Waals surface area contributed by atoms with Crippen molar-refractivity contribution < 1.29 is 13.3 Å². The van der Waals surface area contributed by atoms with Crippen LogP contribution in [0.1, 0.15) is 5.01 Å². The van der Waals surface area contributed by atoms with Crippen LogP contribution in [-0.2, 0) is 16.6 Å². The number of nitrogens with one attached hydrogen (secondary N) is 1. The summed E-state index contributed by atoms with van der Waals surface area (Å²) in [5, 5.41) is 13.2. The second kappa shape index (κ2) is 5.95. The molecule has 10 heteroatoms. The van der Waals surface area contributed by atoms with E-state index in [1.807, 2.05) is 0 Å². The summed E-state index contributed by atoms with van der Waals surface area (Å²) >= 11 is 4.39. The maximum Gasteiger partial charge on any atom is 0.289 e. The summed E-state index contributed by atoms with van der Waals surface area (Å²) in [7, 11) is -3.99. The Hall–Kier alpha value is -1.36. The molecule has 0 saturated heterocycles. The van der Waals surface area contributed by atoms with E-state index in [2.05, 4.69) is 25.6 Å². The average Bonchev–Trinajstić information content (AvgIpc) is 2.89. The Morgan fingerprint density at radius 2 is 2.20 bits per heavy atom. The first-order valence-corrected chi connectivity index (χ1v) is 8.38. The van der Waals surface area contributed by atoms with Crippen LogP contribution in [-0.4, -0.2) is 18.3 Å². The van der Waals surface area contributed by atoms with Gasteiger partial charge >= 0.3 is 0 Å². The molecule has 20 heavy (non-hydrogen) atoms. The Kier molecular flexibility index (Phi) is 4.48. The lowest BCUT2D eigenvalue weighted by Gasteiger charge is -2.06. The number of benzene rings is 1. The van der Waals surface area contributed by atoms with Crippen LogP contribution in [0.15, 0.2) is 39.1 Å². The molecule has 0 aliphatic carbocycles. The number of thiazole rings is 1. The molecule has 0 aliphatic rings. The monoisotopic (exact) mass is 377 g/mol. The van der Waals surface area contributed by atoms with Gasteiger partial charge in [0.15, 0.2) is 4.90 Å². The minimum atomic E-state index is -3.99. The van der Waals surface area contributed by atoms with Gasteiger partial charge in [-0.25, -0.2) is 18.1 Å². The van der Waals surface area contributed by atoms with Crippen molar-refractivity contribution in [3.05, 3.63) is 49.4 Å². The van der Waals surface area contributed by atoms with Crippen LogP contribution in [0.25, 0.3) is 0 Å². The Morgan fingerprint density at radius 3 is 2.80 bits per heavy atom. The molecule has 1 aromatic carbocycles. The third-order valence-electron chi connectivity index (χ3n) is 2.30. The van der Waals surface area contributed by atoms with Gasteiger partial charge in [0.25, 0.3) is 5.69 Å². The molecule has 1 aromatic heterocycles. The van der Waals surface area contributed by atoms with Gasteiger partial charge in [-0.1, -0.05) is 15.9 Å². The van der Waals surface area contributed by atoms with Crippen LogP contribution in [0.4, 0.5) is 5.69 Å². The van der Waals surface area contributed by atoms with E-state index in [1.54, 1.807) is 11.6 Å². The lowest BCUT2D eigenvalue weighted by atomic mass is 10.3. The van der Waals surface area contributed by atoms with Gasteiger partial charge in [-0.3, -0.25) is 10.1 Å². The molecular weight excluding hydrogens is 370 g/mol. The summed E-state index contributed by atoms with van der Waals surface area (Å²) < 4.78 is 27.0. The zero-order chi connectivity index (χ0) is 14.8. The van der Waals surface area contributed by atoms with E-state index in [0.29, 0.717) is 9.48 Å². The number of sulfonamides is 1. The van der Waals surface area contributed by atoms with Gasteiger partial charge in [0.2, 0.25) is 10.0 Å². The molecule has 0 radical (unpaired) electrons. The lowest BCUT2D eigenvalue weighted by Crippen LogP contribution is -2.24. The van der Waals surface area contributed by atoms with Crippen molar-refractivity contribution in [2.45, 2.75) is 11.4 Å². The highest BCUT2D eigenvalue weighted by Crippen LogP contribution is 2.27. The highest BCUT2D eigenvalue weighted by molar-refractivity contribution is 9.10. The number of hydrogen-bond donors (Lipinski definition) is 1. The molecule has 7 nitrogen and oxygen atoms in total. The Labute approximate surface area is 127 Å². The van der Waals surface area contributed by atoms with E-state index in [-0.39, 0.29) is 11.4 Å². The maximum atomic E-state index is 12.1. The van der Waals surface area contributed by atoms with E-state index in [9.17, 15) is 18.5 Å². The van der Waals surface area contributed by atoms with E-state index in [4.69, 9.17) is 0 Å². The topological polar surface area (TPSA) is 102 Å². The molecule has 2 rings (SSSR count). The minimum absolute atomic E-state index is 0.0103. The van der Waals surface area contributed by atoms with Gasteiger partial charge in [0.05, 0.1) is 11.5 Å². The first-order chi connectivity index (χ1) is 9.40. The van der Waals surface area contributed by atoms with E-state index >= 15 is 0 Å². The number of nitrogens with zero attached hydrogens (tertiary/aromatic N) is 2. The Balaban J connectivity index is 2.33. The van der Waals surface area contributed by atoms with Gasteiger partial charge in [-0.05, 0) is 12.1 Å². The molecule has 0 atom stereocenters. The lowest BCUT2D eigenvalue weighted by molar-refractivity contribution is -0.387. The van der Waals surface area contributed by atoms with Crippen LogP contribution in [0.5, 0.6) is 0 Å². The fourth-order valence-corrected chi connectivity index (χ4v) is 3.77. The van der Waals surface area contributed by atoms with Crippen molar-refractivity contribution in [1.29, 1.82) is 0 Å². The van der Waals surface area contributed by atoms with Crippen LogP contribution in [0, 0.1) is 10.1 Å². The highest BCUT2D eigenvalue weighted by Gasteiger charge is 2.25. The van der Waals surface area contributed by atoms with Crippen molar-refractivity contribution in [2.24, 2.45) is 0 Å². The third-order valence-corrected chi connectivity index (χ3v) is 5.01. The van der Waals surface area contributed by atoms with E-state index < -0.39 is 20.6 Å². The number of aromatic nitrogens is 1. The molecule has 0 saturated carbocycles. The van der Waals surface area contributed by atoms with Crippen molar-refractivity contribution in [2.75, 3.05) is 0 Å². The van der Waals surface area contributed by atoms with Crippen LogP contribution >= 0.6 is 27.3 Å². The number of halogens is 1. The molecule has 1 N–H and O–H groups in total. The van der Waals surface area contributed by atoms with Crippen molar-refractivity contribution in [1.82, 2.24) is 9.71 Å². The van der Waals surface area contributed by atoms with Crippen molar-refractivity contribution >= 4 is 43.0 Å². The quantitative estimate of drug-likeness (QED) is 0.635. The maximum absolute atomic E-state index is 12.1. The third kappa shape index (κ3) is 3.39. The van der Waals surface area contributed by atoms with Gasteiger partial charge in [0, 0.05) is 22.1 Å². The smallest absolute Gasteiger partial charge is 0.258 e. The molecule has 0 fully saturated rings. The predicted octanol–water partition coefficient (Wildman–Crippen LogP) is 2.29. The zero-order valence-corrected chi connectivity index (χ0v) is 13.0. The molecule has 106 valence electrons. The normalized spacial score (nSPS) is 11.4. The van der Waals surface area contributed by atoms with Crippen LogP contribution in [0.2, 0.25) is 0 Å². The summed E-state index contributed by atoms with van der Waals surface area (Å²) in [6.07, 6.45) is 1.55. The summed E-state index contributed by atoms with van der Waals surface area (Å²) in [5.41, 5.74) is -0.472. The summed E-state index contributed by atoms with van der Waals surface area (Å²) in [5.74, 6) is 0. The SMILES string of the molecule is O=[N+]([O-])c1ccc(Br)cc1S(=O)(=O)NCc1nccs1. The number of nitro groups is 1. The number of rotatable bonds is 5. The van der Waals surface area contributed by atoms with Gasteiger partial charge in [0.1, 0.15) is 5.01 Å². The van der Waals surface area contributed by atoms with Crippen LogP contribution < -0.4 is 4.72 Å². The van der Waals surface area contributed by atoms with Gasteiger partial charge < -0.3 is 0 Å². The van der Waals surface area contributed by atoms with E-state index in [0.717, 1.165) is 6.07 Å². The summed E-state index contributed by atoms with van der Waals surface area (Å²) in [6, 6.07) is 3.75. The molecule has 0 amide bonds.